The summed E-state index contributed by atoms with van der Waals surface area (Å²) in [5, 5.41) is 19.2. The Morgan fingerprint density at radius 2 is 1.85 bits per heavy atom. The molecule has 4 heterocycles. The topological polar surface area (TPSA) is 102 Å². The smallest absolute Gasteiger partial charge is 0.313 e. The molecular weight excluding hydrogens is 628 g/mol. The van der Waals surface area contributed by atoms with Crippen molar-refractivity contribution < 1.29 is 28.2 Å². The number of aryl methyl sites for hydroxylation is 1. The molecule has 2 atom stereocenters. The van der Waals surface area contributed by atoms with Gasteiger partial charge in [0, 0.05) is 41.9 Å². The van der Waals surface area contributed by atoms with Gasteiger partial charge in [-0.2, -0.15) is 5.10 Å². The lowest BCUT2D eigenvalue weighted by atomic mass is 9.71. The number of piperidine rings is 1. The molecule has 9 nitrogen and oxygen atoms in total. The standard InChI is InChI=1S/C35H46ClF2N5O4/c1-21-14-28(41-43(21)32(3,4)5)40-27-15-24(35(45)19-46-20-35)30(38)26(39-27)17-34(31(44)47-33(6,7)8)12-13-42(22(2)16-34)18-23-10-9-11-25(36)29(23)37/h9-11,14-15,22,45H,12-13,16-20H2,1-8H3,(H,39,40,41)/t22-,34?/m1/s1. The summed E-state index contributed by atoms with van der Waals surface area (Å²) >= 11 is 6.04. The molecule has 47 heavy (non-hydrogen) atoms. The highest BCUT2D eigenvalue weighted by Crippen LogP contribution is 2.43. The van der Waals surface area contributed by atoms with Crippen LogP contribution in [0.3, 0.4) is 0 Å². The number of ether oxygens (including phenoxy) is 2. The first kappa shape index (κ1) is 35.2. The largest absolute Gasteiger partial charge is 0.460 e. The molecule has 0 bridgehead atoms. The van der Waals surface area contributed by atoms with Gasteiger partial charge in [0.1, 0.15) is 22.8 Å². The minimum Gasteiger partial charge on any atom is -0.460 e. The Morgan fingerprint density at radius 1 is 1.15 bits per heavy atom. The fraction of sp³-hybridized carbons (Fsp3) is 0.571. The van der Waals surface area contributed by atoms with Crippen LogP contribution in [0, 0.1) is 24.0 Å². The Hall–Kier alpha value is -3.12. The number of hydrogen-bond donors (Lipinski definition) is 2. The highest BCUT2D eigenvalue weighted by Gasteiger charge is 2.49. The molecule has 2 aromatic heterocycles. The molecule has 0 saturated carbocycles. The molecule has 2 fully saturated rings. The number of benzene rings is 1. The van der Waals surface area contributed by atoms with Crippen LogP contribution in [-0.2, 0) is 38.4 Å². The van der Waals surface area contributed by atoms with Gasteiger partial charge >= 0.3 is 5.97 Å². The van der Waals surface area contributed by atoms with Crippen LogP contribution in [0.5, 0.6) is 0 Å². The Balaban J connectivity index is 1.51. The van der Waals surface area contributed by atoms with Crippen LogP contribution in [0.2, 0.25) is 5.02 Å². The summed E-state index contributed by atoms with van der Waals surface area (Å²) in [6.45, 7) is 16.1. The number of esters is 1. The van der Waals surface area contributed by atoms with Crippen molar-refractivity contribution in [3.8, 4) is 0 Å². The number of nitrogens with one attached hydrogen (secondary N) is 1. The van der Waals surface area contributed by atoms with Crippen molar-refractivity contribution in [1.29, 1.82) is 0 Å². The summed E-state index contributed by atoms with van der Waals surface area (Å²) in [5.74, 6) is -0.790. The molecule has 2 N–H and O–H groups in total. The molecular formula is C35H46ClF2N5O4. The lowest BCUT2D eigenvalue weighted by Gasteiger charge is -2.45. The SMILES string of the molecule is Cc1cc(Nc2cc(C3(O)COC3)c(F)c(CC3(C(=O)OC(C)(C)C)CCN(Cc4cccc(Cl)c4F)[C@H](C)C3)n2)nn1C(C)(C)C. The number of hydrogen-bond acceptors (Lipinski definition) is 8. The van der Waals surface area contributed by atoms with Crippen molar-refractivity contribution in [3.63, 3.8) is 0 Å². The Morgan fingerprint density at radius 3 is 2.43 bits per heavy atom. The molecule has 0 amide bonds. The van der Waals surface area contributed by atoms with Crippen molar-refractivity contribution >= 4 is 29.2 Å². The van der Waals surface area contributed by atoms with Crippen molar-refractivity contribution in [1.82, 2.24) is 19.7 Å². The fourth-order valence-corrected chi connectivity index (χ4v) is 6.72. The number of rotatable bonds is 8. The molecule has 256 valence electrons. The van der Waals surface area contributed by atoms with E-state index in [1.807, 2.05) is 45.4 Å². The third-order valence-corrected chi connectivity index (χ3v) is 9.21. The number of pyridine rings is 1. The molecule has 0 spiro atoms. The maximum absolute atomic E-state index is 16.5. The highest BCUT2D eigenvalue weighted by atomic mass is 35.5. The summed E-state index contributed by atoms with van der Waals surface area (Å²) in [6, 6.07) is 8.09. The van der Waals surface area contributed by atoms with Crippen LogP contribution in [0.4, 0.5) is 20.4 Å². The van der Waals surface area contributed by atoms with Gasteiger partial charge in [0.15, 0.2) is 11.6 Å². The lowest BCUT2D eigenvalue weighted by molar-refractivity contribution is -0.186. The Kier molecular flexibility index (Phi) is 9.53. The summed E-state index contributed by atoms with van der Waals surface area (Å²) in [6.07, 6.45) is 0.582. The molecule has 1 aromatic carbocycles. The number of likely N-dealkylation sites (tertiary alicyclic amines) is 1. The zero-order valence-electron chi connectivity index (χ0n) is 28.5. The van der Waals surface area contributed by atoms with E-state index in [1.165, 1.54) is 12.1 Å². The molecule has 0 aliphatic carbocycles. The van der Waals surface area contributed by atoms with Crippen LogP contribution in [0.25, 0.3) is 0 Å². The van der Waals surface area contributed by atoms with Crippen LogP contribution < -0.4 is 5.32 Å². The zero-order valence-corrected chi connectivity index (χ0v) is 29.3. The maximum atomic E-state index is 16.5. The fourth-order valence-electron chi connectivity index (χ4n) is 6.52. The molecule has 2 aliphatic heterocycles. The van der Waals surface area contributed by atoms with E-state index in [2.05, 4.69) is 20.3 Å². The van der Waals surface area contributed by atoms with Gasteiger partial charge < -0.3 is 19.9 Å². The van der Waals surface area contributed by atoms with E-state index in [1.54, 1.807) is 32.9 Å². The van der Waals surface area contributed by atoms with Gasteiger partial charge in [0.25, 0.3) is 0 Å². The van der Waals surface area contributed by atoms with Gasteiger partial charge in [-0.05, 0) is 86.9 Å². The van der Waals surface area contributed by atoms with Crippen LogP contribution in [0.15, 0.2) is 30.3 Å². The normalized spacial score (nSPS) is 21.7. The van der Waals surface area contributed by atoms with E-state index >= 15 is 4.39 Å². The number of carbonyl (C=O) groups excluding carboxylic acids is 1. The van der Waals surface area contributed by atoms with Crippen LogP contribution >= 0.6 is 11.6 Å². The van der Waals surface area contributed by atoms with Gasteiger partial charge in [-0.25, -0.2) is 13.8 Å². The first-order valence-electron chi connectivity index (χ1n) is 16.0. The minimum absolute atomic E-state index is 0.0321. The second-order valence-corrected chi connectivity index (χ2v) is 15.6. The summed E-state index contributed by atoms with van der Waals surface area (Å²) in [5.41, 5.74) is -2.25. The zero-order chi connectivity index (χ0) is 34.5. The van der Waals surface area contributed by atoms with Crippen LogP contribution in [0.1, 0.15) is 83.8 Å². The van der Waals surface area contributed by atoms with Gasteiger partial charge in [0.05, 0.1) is 34.9 Å². The third-order valence-electron chi connectivity index (χ3n) is 8.92. The van der Waals surface area contributed by atoms with Crippen molar-refractivity contribution in [2.75, 3.05) is 25.1 Å². The van der Waals surface area contributed by atoms with Gasteiger partial charge in [0.2, 0.25) is 0 Å². The summed E-state index contributed by atoms with van der Waals surface area (Å²) in [7, 11) is 0. The summed E-state index contributed by atoms with van der Waals surface area (Å²) < 4.78 is 44.4. The van der Waals surface area contributed by atoms with Crippen LogP contribution in [-0.4, -0.2) is 62.1 Å². The molecule has 0 radical (unpaired) electrons. The first-order valence-corrected chi connectivity index (χ1v) is 16.4. The van der Waals surface area contributed by atoms with E-state index in [9.17, 15) is 14.3 Å². The number of halogens is 3. The molecule has 3 aromatic rings. The van der Waals surface area contributed by atoms with Gasteiger partial charge in [-0.1, -0.05) is 23.7 Å². The number of aliphatic hydroxyl groups is 1. The molecule has 2 aliphatic rings. The first-order chi connectivity index (χ1) is 21.8. The van der Waals surface area contributed by atoms with Crippen molar-refractivity contribution in [3.05, 3.63) is 69.5 Å². The van der Waals surface area contributed by atoms with E-state index in [4.69, 9.17) is 21.1 Å². The van der Waals surface area contributed by atoms with Crippen molar-refractivity contribution in [2.24, 2.45) is 5.41 Å². The second-order valence-electron chi connectivity index (χ2n) is 15.2. The lowest BCUT2D eigenvalue weighted by Crippen LogP contribution is -2.51. The predicted octanol–water partition coefficient (Wildman–Crippen LogP) is 6.79. The van der Waals surface area contributed by atoms with E-state index in [0.717, 1.165) is 5.69 Å². The maximum Gasteiger partial charge on any atom is 0.313 e. The second kappa shape index (κ2) is 12.7. The van der Waals surface area contributed by atoms with E-state index in [-0.39, 0.29) is 53.3 Å². The van der Waals surface area contributed by atoms with Crippen molar-refractivity contribution in [2.45, 2.75) is 104 Å². The number of carbonyl (C=O) groups is 1. The summed E-state index contributed by atoms with van der Waals surface area (Å²) in [4.78, 5) is 20.8. The minimum atomic E-state index is -1.53. The number of nitrogens with zero attached hydrogens (tertiary/aromatic N) is 4. The monoisotopic (exact) mass is 673 g/mol. The highest BCUT2D eigenvalue weighted by molar-refractivity contribution is 6.30. The number of aromatic nitrogens is 3. The molecule has 1 unspecified atom stereocenters. The predicted molar refractivity (Wildman–Crippen MR) is 177 cm³/mol. The third kappa shape index (κ3) is 7.48. The average Bonchev–Trinajstić information content (AvgIpc) is 3.32. The molecule has 2 saturated heterocycles. The molecule has 12 heteroatoms. The quantitative estimate of drug-likeness (QED) is 0.252. The van der Waals surface area contributed by atoms with Gasteiger partial charge in [-0.3, -0.25) is 14.4 Å². The Bertz CT molecular complexity index is 1650. The van der Waals surface area contributed by atoms with E-state index in [0.29, 0.717) is 37.3 Å². The van der Waals surface area contributed by atoms with Gasteiger partial charge in [-0.15, -0.1) is 0 Å². The molecule has 5 rings (SSSR count). The number of anilines is 2. The Labute approximate surface area is 280 Å². The average molecular weight is 674 g/mol. The van der Waals surface area contributed by atoms with E-state index < -0.39 is 34.2 Å².